The Balaban J connectivity index is 1.49. The Labute approximate surface area is 140 Å². The second-order valence-electron chi connectivity index (χ2n) is 6.24. The molecule has 1 atom stereocenters. The highest BCUT2D eigenvalue weighted by atomic mass is 16.4. The average molecular weight is 331 g/mol. The molecular weight excluding hydrogens is 310 g/mol. The molecule has 0 saturated carbocycles. The van der Waals surface area contributed by atoms with Crippen LogP contribution in [-0.4, -0.2) is 58.5 Å². The lowest BCUT2D eigenvalue weighted by molar-refractivity contribution is -0.129. The van der Waals surface area contributed by atoms with Crippen LogP contribution in [0.15, 0.2) is 24.3 Å². The fourth-order valence-electron chi connectivity index (χ4n) is 3.29. The minimum absolute atomic E-state index is 0.139. The molecule has 7 nitrogen and oxygen atoms in total. The summed E-state index contributed by atoms with van der Waals surface area (Å²) in [4.78, 5) is 38.5. The third kappa shape index (κ3) is 3.50. The van der Waals surface area contributed by atoms with Gasteiger partial charge in [0.05, 0.1) is 11.6 Å². The molecule has 2 saturated heterocycles. The van der Waals surface area contributed by atoms with Gasteiger partial charge in [0.25, 0.3) is 0 Å². The van der Waals surface area contributed by atoms with Gasteiger partial charge in [-0.1, -0.05) is 12.1 Å². The summed E-state index contributed by atoms with van der Waals surface area (Å²) in [6.45, 7) is 2.38. The highest BCUT2D eigenvalue weighted by molar-refractivity contribution is 5.87. The summed E-state index contributed by atoms with van der Waals surface area (Å²) in [6, 6.07) is 6.43. The smallest absolute Gasteiger partial charge is 0.335 e. The standard InChI is InChI=1S/C17H21N3O4/c21-15-2-1-8-20(15)14-7-9-19(11-14)17(24)18-10-12-3-5-13(6-4-12)16(22)23/h3-6,14H,1-2,7-11H2,(H,18,24)(H,22,23). The maximum absolute atomic E-state index is 12.3. The van der Waals surface area contributed by atoms with E-state index < -0.39 is 5.97 Å². The molecule has 0 spiro atoms. The van der Waals surface area contributed by atoms with Crippen LogP contribution < -0.4 is 5.32 Å². The Hall–Kier alpha value is -2.57. The third-order valence-corrected chi connectivity index (χ3v) is 4.65. The summed E-state index contributed by atoms with van der Waals surface area (Å²) >= 11 is 0. The van der Waals surface area contributed by atoms with Gasteiger partial charge >= 0.3 is 12.0 Å². The number of hydrogen-bond acceptors (Lipinski definition) is 3. The van der Waals surface area contributed by atoms with Crippen molar-refractivity contribution in [2.24, 2.45) is 0 Å². The first-order valence-corrected chi connectivity index (χ1v) is 8.19. The Morgan fingerprint density at radius 2 is 1.96 bits per heavy atom. The van der Waals surface area contributed by atoms with Gasteiger partial charge in [-0.05, 0) is 30.5 Å². The molecule has 0 aliphatic carbocycles. The van der Waals surface area contributed by atoms with Gasteiger partial charge in [-0.2, -0.15) is 0 Å². The number of urea groups is 1. The number of carbonyl (C=O) groups is 3. The monoisotopic (exact) mass is 331 g/mol. The predicted molar refractivity (Wildman–Crippen MR) is 86.6 cm³/mol. The number of likely N-dealkylation sites (tertiary alicyclic amines) is 2. The quantitative estimate of drug-likeness (QED) is 0.870. The number of hydrogen-bond donors (Lipinski definition) is 2. The van der Waals surface area contributed by atoms with E-state index in [1.54, 1.807) is 17.0 Å². The molecule has 1 aromatic carbocycles. The summed E-state index contributed by atoms with van der Waals surface area (Å²) in [7, 11) is 0. The van der Waals surface area contributed by atoms with E-state index in [9.17, 15) is 14.4 Å². The van der Waals surface area contributed by atoms with Crippen LogP contribution in [0.4, 0.5) is 4.79 Å². The summed E-state index contributed by atoms with van der Waals surface area (Å²) in [5.74, 6) is -0.772. The summed E-state index contributed by atoms with van der Waals surface area (Å²) in [5.41, 5.74) is 1.07. The van der Waals surface area contributed by atoms with E-state index >= 15 is 0 Å². The molecule has 3 rings (SSSR count). The molecule has 7 heteroatoms. The first-order chi connectivity index (χ1) is 11.5. The van der Waals surface area contributed by atoms with Crippen molar-refractivity contribution in [3.05, 3.63) is 35.4 Å². The number of amides is 3. The molecule has 2 N–H and O–H groups in total. The van der Waals surface area contributed by atoms with Crippen molar-refractivity contribution in [2.75, 3.05) is 19.6 Å². The van der Waals surface area contributed by atoms with Gasteiger partial charge in [-0.25, -0.2) is 9.59 Å². The summed E-state index contributed by atoms with van der Waals surface area (Å²) in [6.07, 6.45) is 2.36. The average Bonchev–Trinajstić information content (AvgIpc) is 3.21. The minimum Gasteiger partial charge on any atom is -0.478 e. The molecule has 1 aromatic rings. The van der Waals surface area contributed by atoms with Gasteiger partial charge < -0.3 is 20.2 Å². The molecule has 3 amide bonds. The van der Waals surface area contributed by atoms with E-state index in [4.69, 9.17) is 5.11 Å². The van der Waals surface area contributed by atoms with Crippen LogP contribution in [0.2, 0.25) is 0 Å². The van der Waals surface area contributed by atoms with Crippen molar-refractivity contribution < 1.29 is 19.5 Å². The fourth-order valence-corrected chi connectivity index (χ4v) is 3.29. The van der Waals surface area contributed by atoms with Crippen LogP contribution in [0.5, 0.6) is 0 Å². The molecule has 0 aromatic heterocycles. The van der Waals surface area contributed by atoms with Crippen LogP contribution in [0.3, 0.4) is 0 Å². The van der Waals surface area contributed by atoms with Crippen molar-refractivity contribution >= 4 is 17.9 Å². The van der Waals surface area contributed by atoms with Gasteiger partial charge in [-0.15, -0.1) is 0 Å². The van der Waals surface area contributed by atoms with Crippen molar-refractivity contribution in [2.45, 2.75) is 31.8 Å². The number of carboxylic acids is 1. The molecular formula is C17H21N3O4. The van der Waals surface area contributed by atoms with E-state index in [-0.39, 0.29) is 23.5 Å². The number of aromatic carboxylic acids is 1. The lowest BCUT2D eigenvalue weighted by atomic mass is 10.1. The van der Waals surface area contributed by atoms with Crippen molar-refractivity contribution in [3.8, 4) is 0 Å². The van der Waals surface area contributed by atoms with Gasteiger partial charge in [0.2, 0.25) is 5.91 Å². The molecule has 2 fully saturated rings. The number of rotatable bonds is 4. The number of carboxylic acid groups (broad SMARTS) is 1. The minimum atomic E-state index is -0.967. The highest BCUT2D eigenvalue weighted by Gasteiger charge is 2.34. The maximum Gasteiger partial charge on any atom is 0.335 e. The molecule has 0 bridgehead atoms. The Bertz CT molecular complexity index is 644. The SMILES string of the molecule is O=C(O)c1ccc(CNC(=O)N2CCC(N3CCCC3=O)C2)cc1. The summed E-state index contributed by atoms with van der Waals surface area (Å²) in [5, 5.41) is 11.7. The van der Waals surface area contributed by atoms with Crippen LogP contribution in [0, 0.1) is 0 Å². The maximum atomic E-state index is 12.3. The van der Waals surface area contributed by atoms with E-state index in [0.717, 1.165) is 24.9 Å². The summed E-state index contributed by atoms with van der Waals surface area (Å²) < 4.78 is 0. The largest absolute Gasteiger partial charge is 0.478 e. The highest BCUT2D eigenvalue weighted by Crippen LogP contribution is 2.21. The third-order valence-electron chi connectivity index (χ3n) is 4.65. The van der Waals surface area contributed by atoms with Crippen LogP contribution in [0.25, 0.3) is 0 Å². The van der Waals surface area contributed by atoms with E-state index in [0.29, 0.717) is 26.1 Å². The zero-order valence-corrected chi connectivity index (χ0v) is 13.4. The molecule has 2 aliphatic rings. The predicted octanol–water partition coefficient (Wildman–Crippen LogP) is 1.29. The molecule has 0 radical (unpaired) electrons. The van der Waals surface area contributed by atoms with Gasteiger partial charge in [0.15, 0.2) is 0 Å². The van der Waals surface area contributed by atoms with E-state index in [1.165, 1.54) is 12.1 Å². The fraction of sp³-hybridized carbons (Fsp3) is 0.471. The zero-order valence-electron chi connectivity index (χ0n) is 13.4. The number of carbonyl (C=O) groups excluding carboxylic acids is 2. The first-order valence-electron chi connectivity index (χ1n) is 8.19. The van der Waals surface area contributed by atoms with Crippen molar-refractivity contribution in [3.63, 3.8) is 0 Å². The Morgan fingerprint density at radius 1 is 1.21 bits per heavy atom. The molecule has 128 valence electrons. The van der Waals surface area contributed by atoms with Gasteiger partial charge in [-0.3, -0.25) is 4.79 Å². The Morgan fingerprint density at radius 3 is 2.58 bits per heavy atom. The second-order valence-corrected chi connectivity index (χ2v) is 6.24. The van der Waals surface area contributed by atoms with Crippen LogP contribution in [-0.2, 0) is 11.3 Å². The number of benzene rings is 1. The van der Waals surface area contributed by atoms with Crippen LogP contribution >= 0.6 is 0 Å². The lowest BCUT2D eigenvalue weighted by Crippen LogP contribution is -2.42. The zero-order chi connectivity index (χ0) is 17.1. The number of nitrogens with one attached hydrogen (secondary N) is 1. The topological polar surface area (TPSA) is 89.9 Å². The van der Waals surface area contributed by atoms with E-state index in [2.05, 4.69) is 5.32 Å². The van der Waals surface area contributed by atoms with Crippen LogP contribution in [0.1, 0.15) is 35.2 Å². The molecule has 2 aliphatic heterocycles. The normalized spacial score (nSPS) is 20.5. The molecule has 1 unspecified atom stereocenters. The van der Waals surface area contributed by atoms with Crippen molar-refractivity contribution in [1.82, 2.24) is 15.1 Å². The molecule has 2 heterocycles. The first kappa shape index (κ1) is 16.3. The second kappa shape index (κ2) is 6.90. The number of nitrogens with zero attached hydrogens (tertiary/aromatic N) is 2. The van der Waals surface area contributed by atoms with Gasteiger partial charge in [0, 0.05) is 32.6 Å². The molecule has 24 heavy (non-hydrogen) atoms. The Kier molecular flexibility index (Phi) is 4.69. The van der Waals surface area contributed by atoms with E-state index in [1.807, 2.05) is 4.90 Å². The van der Waals surface area contributed by atoms with Gasteiger partial charge in [0.1, 0.15) is 0 Å². The van der Waals surface area contributed by atoms with Crippen molar-refractivity contribution in [1.29, 1.82) is 0 Å². The lowest BCUT2D eigenvalue weighted by Gasteiger charge is -2.24.